The molecule has 0 amide bonds. The second kappa shape index (κ2) is 7.51. The van der Waals surface area contributed by atoms with E-state index in [9.17, 15) is 23.3 Å². The summed E-state index contributed by atoms with van der Waals surface area (Å²) in [6, 6.07) is 11.3. The number of nitrogens with zero attached hydrogens (tertiary/aromatic N) is 3. The standard InChI is InChI=1S/C18H14F3N5O2/c1-11-3-2-4-14(9-11)25-17-15(26(27)28)16(22-10-23-17)24-13-7-5-12(6-8-13)18(19,20)21/h2-10H,1H3,(H2,22,23,24,25). The van der Waals surface area contributed by atoms with Gasteiger partial charge in [0.1, 0.15) is 6.33 Å². The van der Waals surface area contributed by atoms with Gasteiger partial charge in [-0.1, -0.05) is 12.1 Å². The van der Waals surface area contributed by atoms with E-state index >= 15 is 0 Å². The molecule has 0 saturated heterocycles. The highest BCUT2D eigenvalue weighted by atomic mass is 19.4. The number of rotatable bonds is 5. The fraction of sp³-hybridized carbons (Fsp3) is 0.111. The van der Waals surface area contributed by atoms with Crippen LogP contribution in [0.4, 0.5) is 41.9 Å². The molecular formula is C18H14F3N5O2. The molecule has 1 heterocycles. The number of hydrogen-bond donors (Lipinski definition) is 2. The number of halogens is 3. The van der Waals surface area contributed by atoms with Crippen molar-refractivity contribution in [2.24, 2.45) is 0 Å². The van der Waals surface area contributed by atoms with Crippen LogP contribution in [0.1, 0.15) is 11.1 Å². The van der Waals surface area contributed by atoms with Gasteiger partial charge in [-0.05, 0) is 48.9 Å². The average molecular weight is 389 g/mol. The molecular weight excluding hydrogens is 375 g/mol. The minimum atomic E-state index is -4.47. The van der Waals surface area contributed by atoms with E-state index in [-0.39, 0.29) is 17.3 Å². The van der Waals surface area contributed by atoms with Gasteiger partial charge in [0.2, 0.25) is 11.6 Å². The zero-order valence-electron chi connectivity index (χ0n) is 14.5. The van der Waals surface area contributed by atoms with Crippen molar-refractivity contribution >= 4 is 28.7 Å². The van der Waals surface area contributed by atoms with E-state index in [0.717, 1.165) is 24.0 Å². The lowest BCUT2D eigenvalue weighted by molar-refractivity contribution is -0.383. The number of hydrogen-bond acceptors (Lipinski definition) is 6. The molecule has 0 atom stereocenters. The number of nitro groups is 1. The molecule has 0 bridgehead atoms. The van der Waals surface area contributed by atoms with Crippen molar-refractivity contribution in [3.05, 3.63) is 76.1 Å². The minimum absolute atomic E-state index is 0.0417. The zero-order chi connectivity index (χ0) is 20.3. The molecule has 1 aromatic heterocycles. The zero-order valence-corrected chi connectivity index (χ0v) is 14.5. The minimum Gasteiger partial charge on any atom is -0.334 e. The number of benzene rings is 2. The quantitative estimate of drug-likeness (QED) is 0.460. The molecule has 3 rings (SSSR count). The third kappa shape index (κ3) is 4.34. The lowest BCUT2D eigenvalue weighted by Gasteiger charge is -2.11. The summed E-state index contributed by atoms with van der Waals surface area (Å²) >= 11 is 0. The molecule has 2 N–H and O–H groups in total. The summed E-state index contributed by atoms with van der Waals surface area (Å²) in [4.78, 5) is 18.7. The summed E-state index contributed by atoms with van der Waals surface area (Å²) in [6.07, 6.45) is -3.35. The SMILES string of the molecule is Cc1cccc(Nc2ncnc(Nc3ccc(C(F)(F)F)cc3)c2[N+](=O)[O-])c1. The van der Waals surface area contributed by atoms with Crippen LogP contribution in [0.5, 0.6) is 0 Å². The number of aryl methyl sites for hydroxylation is 1. The second-order valence-corrected chi connectivity index (χ2v) is 5.87. The molecule has 0 spiro atoms. The van der Waals surface area contributed by atoms with Crippen molar-refractivity contribution in [3.8, 4) is 0 Å². The molecule has 2 aromatic carbocycles. The Morgan fingerprint density at radius 1 is 0.964 bits per heavy atom. The maximum atomic E-state index is 12.7. The molecule has 0 aliphatic carbocycles. The van der Waals surface area contributed by atoms with E-state index in [1.165, 1.54) is 12.1 Å². The molecule has 0 fully saturated rings. The summed E-state index contributed by atoms with van der Waals surface area (Å²) in [7, 11) is 0. The highest BCUT2D eigenvalue weighted by Crippen LogP contribution is 2.34. The lowest BCUT2D eigenvalue weighted by Crippen LogP contribution is -2.06. The lowest BCUT2D eigenvalue weighted by atomic mass is 10.2. The molecule has 0 aliphatic heterocycles. The first kappa shape index (κ1) is 19.1. The molecule has 7 nitrogen and oxygen atoms in total. The summed E-state index contributed by atoms with van der Waals surface area (Å²) in [5, 5.41) is 17.1. The van der Waals surface area contributed by atoms with Crippen LogP contribution in [-0.2, 0) is 6.18 Å². The summed E-state index contributed by atoms with van der Waals surface area (Å²) in [6.45, 7) is 1.87. The Morgan fingerprint density at radius 2 is 1.57 bits per heavy atom. The van der Waals surface area contributed by atoms with Crippen LogP contribution >= 0.6 is 0 Å². The van der Waals surface area contributed by atoms with Gasteiger partial charge in [-0.2, -0.15) is 13.2 Å². The van der Waals surface area contributed by atoms with Gasteiger partial charge in [-0.3, -0.25) is 10.1 Å². The summed E-state index contributed by atoms with van der Waals surface area (Å²) in [5.41, 5.74) is 0.518. The van der Waals surface area contributed by atoms with Crippen molar-refractivity contribution in [1.82, 2.24) is 9.97 Å². The average Bonchev–Trinajstić information content (AvgIpc) is 2.61. The highest BCUT2D eigenvalue weighted by molar-refractivity contribution is 5.76. The van der Waals surface area contributed by atoms with Gasteiger partial charge >= 0.3 is 11.9 Å². The normalized spacial score (nSPS) is 11.1. The second-order valence-electron chi connectivity index (χ2n) is 5.87. The summed E-state index contributed by atoms with van der Waals surface area (Å²) in [5.74, 6) is -0.185. The Labute approximate surface area is 157 Å². The first-order valence-corrected chi connectivity index (χ1v) is 8.01. The molecule has 0 saturated carbocycles. The third-order valence-electron chi connectivity index (χ3n) is 3.76. The van der Waals surface area contributed by atoms with E-state index in [0.29, 0.717) is 5.69 Å². The Kier molecular flexibility index (Phi) is 5.12. The fourth-order valence-electron chi connectivity index (χ4n) is 2.47. The number of anilines is 4. The van der Waals surface area contributed by atoms with Gasteiger partial charge in [-0.15, -0.1) is 0 Å². The van der Waals surface area contributed by atoms with Crippen LogP contribution in [0.15, 0.2) is 54.9 Å². The maximum Gasteiger partial charge on any atom is 0.416 e. The van der Waals surface area contributed by atoms with Crippen molar-refractivity contribution in [3.63, 3.8) is 0 Å². The molecule has 28 heavy (non-hydrogen) atoms. The first-order chi connectivity index (χ1) is 13.2. The number of aromatic nitrogens is 2. The van der Waals surface area contributed by atoms with Crippen molar-refractivity contribution < 1.29 is 18.1 Å². The van der Waals surface area contributed by atoms with Crippen LogP contribution in [-0.4, -0.2) is 14.9 Å². The van der Waals surface area contributed by atoms with Crippen LogP contribution in [0.3, 0.4) is 0 Å². The van der Waals surface area contributed by atoms with Gasteiger partial charge < -0.3 is 10.6 Å². The van der Waals surface area contributed by atoms with Gasteiger partial charge in [0, 0.05) is 11.4 Å². The maximum absolute atomic E-state index is 12.7. The van der Waals surface area contributed by atoms with Crippen molar-refractivity contribution in [2.45, 2.75) is 13.1 Å². The predicted octanol–water partition coefficient (Wildman–Crippen LogP) is 5.20. The molecule has 3 aromatic rings. The smallest absolute Gasteiger partial charge is 0.334 e. The first-order valence-electron chi connectivity index (χ1n) is 8.01. The van der Waals surface area contributed by atoms with E-state index in [4.69, 9.17) is 0 Å². The fourth-order valence-corrected chi connectivity index (χ4v) is 2.47. The predicted molar refractivity (Wildman–Crippen MR) is 97.9 cm³/mol. The van der Waals surface area contributed by atoms with E-state index in [2.05, 4.69) is 20.6 Å². The Bertz CT molecular complexity index is 1010. The Balaban J connectivity index is 1.92. The topological polar surface area (TPSA) is 93.0 Å². The number of nitrogens with one attached hydrogen (secondary N) is 2. The molecule has 0 unspecified atom stereocenters. The monoisotopic (exact) mass is 389 g/mol. The van der Waals surface area contributed by atoms with Gasteiger partial charge in [0.25, 0.3) is 0 Å². The van der Waals surface area contributed by atoms with E-state index < -0.39 is 22.4 Å². The molecule has 0 radical (unpaired) electrons. The van der Waals surface area contributed by atoms with Crippen LogP contribution < -0.4 is 10.6 Å². The highest BCUT2D eigenvalue weighted by Gasteiger charge is 2.30. The van der Waals surface area contributed by atoms with Crippen LogP contribution in [0.2, 0.25) is 0 Å². The Hall–Kier alpha value is -3.69. The third-order valence-corrected chi connectivity index (χ3v) is 3.76. The van der Waals surface area contributed by atoms with Crippen molar-refractivity contribution in [1.29, 1.82) is 0 Å². The molecule has 144 valence electrons. The molecule has 10 heteroatoms. The largest absolute Gasteiger partial charge is 0.416 e. The number of alkyl halides is 3. The van der Waals surface area contributed by atoms with Crippen LogP contribution in [0.25, 0.3) is 0 Å². The van der Waals surface area contributed by atoms with Crippen LogP contribution in [0, 0.1) is 17.0 Å². The van der Waals surface area contributed by atoms with E-state index in [1.807, 2.05) is 13.0 Å². The molecule has 0 aliphatic rings. The summed E-state index contributed by atoms with van der Waals surface area (Å²) < 4.78 is 38.0. The van der Waals surface area contributed by atoms with Gasteiger partial charge in [0.15, 0.2) is 0 Å². The Morgan fingerprint density at radius 3 is 2.11 bits per heavy atom. The van der Waals surface area contributed by atoms with E-state index in [1.54, 1.807) is 18.2 Å². The van der Waals surface area contributed by atoms with Crippen molar-refractivity contribution in [2.75, 3.05) is 10.6 Å². The van der Waals surface area contributed by atoms with Gasteiger partial charge in [0.05, 0.1) is 10.5 Å². The van der Waals surface area contributed by atoms with Gasteiger partial charge in [-0.25, -0.2) is 9.97 Å².